The molecule has 0 aromatic carbocycles. The average Bonchev–Trinajstić information content (AvgIpc) is 3.59. The summed E-state index contributed by atoms with van der Waals surface area (Å²) in [5.74, 6) is -2.89. The number of H-pyrrole nitrogens is 1. The van der Waals surface area contributed by atoms with Crippen LogP contribution in [0, 0.1) is 23.7 Å². The number of esters is 3. The quantitative estimate of drug-likeness (QED) is 0.163. The van der Waals surface area contributed by atoms with Gasteiger partial charge in [-0.2, -0.15) is 0 Å². The number of methoxy groups -OCH3 is 2. The second-order valence-corrected chi connectivity index (χ2v) is 12.3. The number of rotatable bonds is 9. The Morgan fingerprint density at radius 2 is 1.89 bits per heavy atom. The van der Waals surface area contributed by atoms with Gasteiger partial charge in [0.15, 0.2) is 6.10 Å². The van der Waals surface area contributed by atoms with Gasteiger partial charge in [0.25, 0.3) is 0 Å². The van der Waals surface area contributed by atoms with Crippen LogP contribution in [0.2, 0.25) is 0 Å². The molecule has 44 heavy (non-hydrogen) atoms. The second-order valence-electron chi connectivity index (χ2n) is 12.3. The van der Waals surface area contributed by atoms with Crippen LogP contribution in [0.25, 0.3) is 6.08 Å². The summed E-state index contributed by atoms with van der Waals surface area (Å²) < 4.78 is 29.0. The van der Waals surface area contributed by atoms with Gasteiger partial charge in [0, 0.05) is 43.1 Å². The Morgan fingerprint density at radius 1 is 1.16 bits per heavy atom. The van der Waals surface area contributed by atoms with Crippen molar-refractivity contribution in [1.82, 2.24) is 4.98 Å². The molecule has 2 unspecified atom stereocenters. The number of aliphatic hydroxyl groups excluding tert-OH is 2. The first-order valence-electron chi connectivity index (χ1n) is 15.1. The molecule has 11 atom stereocenters. The van der Waals surface area contributed by atoms with Gasteiger partial charge in [-0.15, -0.1) is 0 Å². The first-order chi connectivity index (χ1) is 20.8. The Kier molecular flexibility index (Phi) is 10.6. The van der Waals surface area contributed by atoms with E-state index >= 15 is 0 Å². The third kappa shape index (κ3) is 6.86. The lowest BCUT2D eigenvalue weighted by Gasteiger charge is -2.41. The minimum Gasteiger partial charge on any atom is -0.466 e. The highest BCUT2D eigenvalue weighted by molar-refractivity contribution is 5.90. The molecule has 0 saturated carbocycles. The molecule has 3 heterocycles. The van der Waals surface area contributed by atoms with E-state index in [2.05, 4.69) is 9.72 Å². The zero-order chi connectivity index (χ0) is 32.3. The fraction of sp³-hybridized carbons (Fsp3) is 0.606. The molecule has 2 aliphatic heterocycles. The number of hydrogen-bond donors (Lipinski definition) is 3. The fourth-order valence-corrected chi connectivity index (χ4v) is 6.62. The summed E-state index contributed by atoms with van der Waals surface area (Å²) >= 11 is 0. The van der Waals surface area contributed by atoms with Crippen molar-refractivity contribution < 1.29 is 48.3 Å². The number of ether oxygens (including phenoxy) is 5. The second kappa shape index (κ2) is 13.8. The van der Waals surface area contributed by atoms with Crippen molar-refractivity contribution in [3.63, 3.8) is 0 Å². The first kappa shape index (κ1) is 33.6. The van der Waals surface area contributed by atoms with Gasteiger partial charge in [0.05, 0.1) is 24.9 Å². The van der Waals surface area contributed by atoms with Crippen LogP contribution in [0.5, 0.6) is 0 Å². The Hall–Kier alpha value is -3.25. The monoisotopic (exact) mass is 615 g/mol. The van der Waals surface area contributed by atoms with Gasteiger partial charge in [0.1, 0.15) is 24.0 Å². The molecule has 1 aromatic rings. The summed E-state index contributed by atoms with van der Waals surface area (Å²) in [5.41, 5.74) is 0.848. The molecule has 1 fully saturated rings. The van der Waals surface area contributed by atoms with Crippen molar-refractivity contribution in [2.24, 2.45) is 23.7 Å². The molecule has 2 bridgehead atoms. The highest BCUT2D eigenvalue weighted by Gasteiger charge is 2.57. The predicted octanol–water partition coefficient (Wildman–Crippen LogP) is 3.37. The molecular weight excluding hydrogens is 570 g/mol. The Morgan fingerprint density at radius 3 is 2.52 bits per heavy atom. The van der Waals surface area contributed by atoms with Crippen molar-refractivity contribution >= 4 is 24.0 Å². The minimum absolute atomic E-state index is 0.144. The lowest BCUT2D eigenvalue weighted by atomic mass is 9.69. The van der Waals surface area contributed by atoms with Gasteiger partial charge >= 0.3 is 17.9 Å². The van der Waals surface area contributed by atoms with Crippen LogP contribution < -0.4 is 0 Å². The van der Waals surface area contributed by atoms with E-state index in [0.717, 1.165) is 5.57 Å². The van der Waals surface area contributed by atoms with E-state index in [1.165, 1.54) is 26.4 Å². The highest BCUT2D eigenvalue weighted by Crippen LogP contribution is 2.53. The van der Waals surface area contributed by atoms with Crippen molar-refractivity contribution in [3.05, 3.63) is 53.4 Å². The molecular formula is C33H45NO10. The lowest BCUT2D eigenvalue weighted by Crippen LogP contribution is -2.47. The van der Waals surface area contributed by atoms with E-state index in [-0.39, 0.29) is 29.9 Å². The largest absolute Gasteiger partial charge is 0.466 e. The van der Waals surface area contributed by atoms with Crippen molar-refractivity contribution in [2.75, 3.05) is 14.2 Å². The van der Waals surface area contributed by atoms with E-state index in [0.29, 0.717) is 12.0 Å². The minimum atomic E-state index is -0.903. The summed E-state index contributed by atoms with van der Waals surface area (Å²) in [6.07, 6.45) is 6.50. The molecule has 11 nitrogen and oxygen atoms in total. The SMILES string of the molecule is COC(=O)/C=C/c1c[nH]c(C(=O)O[C@H]([C@H](C)[C@H](C)O)[C@@H]2O[C@]34C[C@H]2C=CC3C[C@H](OC)C(=O)O[C@H](C(C)O)[C@H](C)C=C4C)c1. The van der Waals surface area contributed by atoms with Crippen molar-refractivity contribution in [3.8, 4) is 0 Å². The van der Waals surface area contributed by atoms with E-state index in [1.54, 1.807) is 26.1 Å². The zero-order valence-electron chi connectivity index (χ0n) is 26.4. The van der Waals surface area contributed by atoms with Gasteiger partial charge in [-0.3, -0.25) is 0 Å². The third-order valence-electron chi connectivity index (χ3n) is 9.32. The van der Waals surface area contributed by atoms with E-state index in [4.69, 9.17) is 18.9 Å². The summed E-state index contributed by atoms with van der Waals surface area (Å²) in [6.45, 7) is 8.92. The van der Waals surface area contributed by atoms with Crippen molar-refractivity contribution in [1.29, 1.82) is 0 Å². The fourth-order valence-electron chi connectivity index (χ4n) is 6.62. The summed E-state index contributed by atoms with van der Waals surface area (Å²) in [7, 11) is 2.74. The molecule has 242 valence electrons. The molecule has 1 saturated heterocycles. The number of carbonyl (C=O) groups excluding carboxylic acids is 3. The Balaban J connectivity index is 1.67. The van der Waals surface area contributed by atoms with Crippen LogP contribution in [-0.4, -0.2) is 89.5 Å². The Bertz CT molecular complexity index is 1300. The Labute approximate surface area is 258 Å². The summed E-state index contributed by atoms with van der Waals surface area (Å²) in [5, 5.41) is 21.1. The topological polar surface area (TPSA) is 154 Å². The number of fused-ring (bicyclic) bond motifs is 1. The summed E-state index contributed by atoms with van der Waals surface area (Å²) in [6, 6.07) is 1.56. The zero-order valence-corrected chi connectivity index (χ0v) is 26.4. The molecule has 3 aliphatic rings. The molecule has 11 heteroatoms. The highest BCUT2D eigenvalue weighted by atomic mass is 16.6. The van der Waals surface area contributed by atoms with Gasteiger partial charge in [-0.05, 0) is 56.9 Å². The average molecular weight is 616 g/mol. The normalized spacial score (nSPS) is 33.0. The number of carbonyl (C=O) groups is 3. The van der Waals surface area contributed by atoms with Crippen molar-refractivity contribution in [2.45, 2.75) is 89.7 Å². The number of aliphatic hydroxyl groups is 2. The molecule has 3 N–H and O–H groups in total. The standard InChI is InChI=1S/C33H45NO10/c1-17-12-18(2)33-15-23(9-10-24(33)14-26(40-6)32(39)42-28(17)21(5)36)30(44-33)29(19(3)20(4)35)43-31(38)25-13-22(16-34-25)8-11-27(37)41-7/h8-13,16-17,19-21,23-24,26,28-30,34-36H,14-15H2,1-7H3/b11-8+,18-12?/t17-,19-,20+,21?,23-,24?,26+,28+,29-,30-,33+/m1/s1. The van der Waals surface area contributed by atoms with E-state index in [1.807, 2.05) is 39.0 Å². The summed E-state index contributed by atoms with van der Waals surface area (Å²) in [4.78, 5) is 40.9. The van der Waals surface area contributed by atoms with Gasteiger partial charge in [-0.25, -0.2) is 14.4 Å². The van der Waals surface area contributed by atoms with Crippen LogP contribution >= 0.6 is 0 Å². The number of cyclic esters (lactones) is 1. The molecule has 1 aromatic heterocycles. The third-order valence-corrected chi connectivity index (χ3v) is 9.32. The molecule has 4 rings (SSSR count). The molecule has 1 aliphatic carbocycles. The smallest absolute Gasteiger partial charge is 0.355 e. The van der Waals surface area contributed by atoms with Crippen LogP contribution in [0.15, 0.2) is 42.1 Å². The maximum atomic E-state index is 13.4. The van der Waals surface area contributed by atoms with Crippen LogP contribution in [0.4, 0.5) is 0 Å². The van der Waals surface area contributed by atoms with Gasteiger partial charge < -0.3 is 38.9 Å². The lowest BCUT2D eigenvalue weighted by molar-refractivity contribution is -0.172. The van der Waals surface area contributed by atoms with Gasteiger partial charge in [-0.1, -0.05) is 32.1 Å². The molecule has 0 radical (unpaired) electrons. The maximum Gasteiger partial charge on any atom is 0.355 e. The number of nitrogens with one attached hydrogen (secondary N) is 1. The first-order valence-corrected chi connectivity index (χ1v) is 15.1. The van der Waals surface area contributed by atoms with Gasteiger partial charge in [0.2, 0.25) is 0 Å². The van der Waals surface area contributed by atoms with Crippen LogP contribution in [-0.2, 0) is 33.3 Å². The van der Waals surface area contributed by atoms with E-state index in [9.17, 15) is 24.6 Å². The molecule has 0 amide bonds. The number of aromatic nitrogens is 1. The van der Waals surface area contributed by atoms with E-state index < -0.39 is 66.1 Å². The maximum absolute atomic E-state index is 13.4. The molecule has 1 spiro atoms. The van der Waals surface area contributed by atoms with Crippen LogP contribution in [0.1, 0.15) is 63.5 Å². The van der Waals surface area contributed by atoms with Crippen LogP contribution in [0.3, 0.4) is 0 Å². The predicted molar refractivity (Wildman–Crippen MR) is 160 cm³/mol. The number of hydrogen-bond acceptors (Lipinski definition) is 10. The number of aromatic amines is 1.